The predicted molar refractivity (Wildman–Crippen MR) is 143 cm³/mol. The van der Waals surface area contributed by atoms with E-state index in [4.69, 9.17) is 15.9 Å². The first kappa shape index (κ1) is 27.5. The highest BCUT2D eigenvalue weighted by Gasteiger charge is 2.48. The van der Waals surface area contributed by atoms with Crippen molar-refractivity contribution in [3.05, 3.63) is 35.8 Å². The fourth-order valence-corrected chi connectivity index (χ4v) is 4.50. The maximum absolute atomic E-state index is 13.2. The van der Waals surface area contributed by atoms with Gasteiger partial charge in [-0.3, -0.25) is 29.6 Å². The number of amides is 2. The van der Waals surface area contributed by atoms with Gasteiger partial charge in [-0.15, -0.1) is 0 Å². The van der Waals surface area contributed by atoms with E-state index in [-0.39, 0.29) is 35.7 Å². The van der Waals surface area contributed by atoms with Crippen molar-refractivity contribution in [3.63, 3.8) is 0 Å². The van der Waals surface area contributed by atoms with Gasteiger partial charge in [0.25, 0.3) is 12.3 Å². The monoisotopic (exact) mass is 544 g/mol. The van der Waals surface area contributed by atoms with E-state index in [9.17, 15) is 18.4 Å². The third-order valence-electron chi connectivity index (χ3n) is 6.45. The van der Waals surface area contributed by atoms with Gasteiger partial charge in [0.15, 0.2) is 5.04 Å². The molecule has 38 heavy (non-hydrogen) atoms. The summed E-state index contributed by atoms with van der Waals surface area (Å²) in [6, 6.07) is 2.68. The third-order valence-corrected chi connectivity index (χ3v) is 6.96. The maximum Gasteiger partial charge on any atom is 0.280 e. The van der Waals surface area contributed by atoms with E-state index in [1.807, 2.05) is 0 Å². The van der Waals surface area contributed by atoms with Crippen LogP contribution in [0.4, 0.5) is 14.6 Å². The zero-order valence-corrected chi connectivity index (χ0v) is 21.8. The highest BCUT2D eigenvalue weighted by molar-refractivity contribution is 8.12. The SMILES string of the molecule is CNSC(=N)C#CC1CC1.COc1cnc(C(F)F)cc1-c1cc(N2CCC3CC3C2=O)ncc1C(N)=O.[HH]. The van der Waals surface area contributed by atoms with Crippen LogP contribution in [0.25, 0.3) is 11.1 Å². The second-order valence-electron chi connectivity index (χ2n) is 9.12. The Labute approximate surface area is 225 Å². The van der Waals surface area contributed by atoms with Crippen LogP contribution in [0.5, 0.6) is 5.75 Å². The van der Waals surface area contributed by atoms with E-state index in [0.717, 1.165) is 18.9 Å². The molecule has 3 aliphatic rings. The Hall–Kier alpha value is -3.56. The minimum absolute atomic E-state index is 0. The summed E-state index contributed by atoms with van der Waals surface area (Å²) >= 11 is 1.26. The van der Waals surface area contributed by atoms with Gasteiger partial charge in [-0.1, -0.05) is 5.92 Å². The average molecular weight is 545 g/mol. The number of alkyl halides is 2. The van der Waals surface area contributed by atoms with Crippen molar-refractivity contribution in [2.45, 2.75) is 32.1 Å². The van der Waals surface area contributed by atoms with E-state index in [2.05, 4.69) is 26.5 Å². The summed E-state index contributed by atoms with van der Waals surface area (Å²) < 4.78 is 34.4. The molecule has 2 amide bonds. The molecule has 3 fully saturated rings. The number of carbonyl (C=O) groups excluding carboxylic acids is 2. The van der Waals surface area contributed by atoms with Crippen LogP contribution in [0.15, 0.2) is 24.5 Å². The number of ether oxygens (including phenoxy) is 1. The second-order valence-corrected chi connectivity index (χ2v) is 10.1. The van der Waals surface area contributed by atoms with Crippen molar-refractivity contribution in [1.29, 1.82) is 5.41 Å². The molecule has 0 radical (unpaired) electrons. The summed E-state index contributed by atoms with van der Waals surface area (Å²) in [4.78, 5) is 34.0. The molecule has 2 unspecified atom stereocenters. The van der Waals surface area contributed by atoms with E-state index in [1.54, 1.807) is 11.9 Å². The third kappa shape index (κ3) is 6.46. The fourth-order valence-electron chi connectivity index (χ4n) is 4.19. The molecule has 9 nitrogen and oxygen atoms in total. The molecule has 0 spiro atoms. The molecular formula is C26H30F2N6O3S. The number of carbonyl (C=O) groups is 2. The van der Waals surface area contributed by atoms with Crippen LogP contribution in [0.3, 0.4) is 0 Å². The predicted octanol–water partition coefficient (Wildman–Crippen LogP) is 4.05. The van der Waals surface area contributed by atoms with Gasteiger partial charge in [-0.25, -0.2) is 13.8 Å². The van der Waals surface area contributed by atoms with E-state index >= 15 is 0 Å². The lowest BCUT2D eigenvalue weighted by Gasteiger charge is -2.26. The van der Waals surface area contributed by atoms with E-state index in [0.29, 0.717) is 29.2 Å². The number of pyridine rings is 2. The molecule has 3 heterocycles. The number of halogens is 2. The zero-order chi connectivity index (χ0) is 27.4. The van der Waals surface area contributed by atoms with E-state index in [1.165, 1.54) is 50.4 Å². The number of primary amides is 1. The van der Waals surface area contributed by atoms with Crippen LogP contribution in [0.2, 0.25) is 0 Å². The fraction of sp³-hybridized carbons (Fsp3) is 0.423. The number of hydrogen-bond acceptors (Lipinski definition) is 8. The van der Waals surface area contributed by atoms with Crippen LogP contribution in [-0.2, 0) is 4.79 Å². The molecule has 2 saturated carbocycles. The number of nitrogens with zero attached hydrogens (tertiary/aromatic N) is 3. The molecule has 202 valence electrons. The maximum atomic E-state index is 13.2. The number of hydrogen-bond donors (Lipinski definition) is 3. The molecule has 1 saturated heterocycles. The molecule has 1 aliphatic heterocycles. The molecule has 0 bridgehead atoms. The first-order valence-corrected chi connectivity index (χ1v) is 12.9. The van der Waals surface area contributed by atoms with Gasteiger partial charge in [0.2, 0.25) is 5.91 Å². The van der Waals surface area contributed by atoms with Crippen LogP contribution in [-0.4, -0.2) is 47.5 Å². The number of methoxy groups -OCH3 is 1. The number of aromatic nitrogens is 2. The minimum atomic E-state index is -2.79. The largest absolute Gasteiger partial charge is 0.494 e. The highest BCUT2D eigenvalue weighted by atomic mass is 32.2. The normalized spacial score (nSPS) is 19.5. The van der Waals surface area contributed by atoms with Crippen LogP contribution >= 0.6 is 11.9 Å². The van der Waals surface area contributed by atoms with Crippen molar-refractivity contribution in [2.75, 3.05) is 25.6 Å². The van der Waals surface area contributed by atoms with Gasteiger partial charge < -0.3 is 10.5 Å². The molecule has 12 heteroatoms. The topological polar surface area (TPSA) is 134 Å². The van der Waals surface area contributed by atoms with Gasteiger partial charge in [0.1, 0.15) is 17.3 Å². The Balaban J connectivity index is 0.000000324. The highest BCUT2D eigenvalue weighted by Crippen LogP contribution is 2.47. The van der Waals surface area contributed by atoms with Gasteiger partial charge in [-0.2, -0.15) is 0 Å². The van der Waals surface area contributed by atoms with Crippen LogP contribution < -0.4 is 20.1 Å². The second kappa shape index (κ2) is 11.9. The Bertz CT molecular complexity index is 1310. The summed E-state index contributed by atoms with van der Waals surface area (Å²) in [7, 11) is 3.16. The summed E-state index contributed by atoms with van der Waals surface area (Å²) in [6.45, 7) is 0.526. The zero-order valence-electron chi connectivity index (χ0n) is 21.0. The van der Waals surface area contributed by atoms with Crippen LogP contribution in [0.1, 0.15) is 49.6 Å². The number of nitrogens with one attached hydrogen (secondary N) is 2. The molecular weight excluding hydrogens is 514 g/mol. The lowest BCUT2D eigenvalue weighted by Crippen LogP contribution is -2.37. The lowest BCUT2D eigenvalue weighted by molar-refractivity contribution is -0.120. The van der Waals surface area contributed by atoms with Crippen molar-refractivity contribution in [3.8, 4) is 28.7 Å². The molecule has 2 atom stereocenters. The average Bonchev–Trinajstić information content (AvgIpc) is 3.82. The van der Waals surface area contributed by atoms with Crippen molar-refractivity contribution >= 4 is 34.6 Å². The summed E-state index contributed by atoms with van der Waals surface area (Å²) in [5, 5.41) is 7.65. The lowest BCUT2D eigenvalue weighted by atomic mass is 9.99. The van der Waals surface area contributed by atoms with Crippen molar-refractivity contribution in [1.82, 2.24) is 14.7 Å². The first-order valence-electron chi connectivity index (χ1n) is 12.1. The Morgan fingerprint density at radius 1 is 1.29 bits per heavy atom. The summed E-state index contributed by atoms with van der Waals surface area (Å²) in [6.07, 6.45) is 3.87. The molecule has 2 aromatic heterocycles. The van der Waals surface area contributed by atoms with Crippen molar-refractivity contribution in [2.24, 2.45) is 23.5 Å². The Kier molecular flexibility index (Phi) is 8.58. The molecule has 0 aromatic carbocycles. The number of anilines is 1. The first-order chi connectivity index (χ1) is 18.2. The molecule has 5 rings (SSSR count). The summed E-state index contributed by atoms with van der Waals surface area (Å²) in [5.41, 5.74) is 5.55. The van der Waals surface area contributed by atoms with Crippen molar-refractivity contribution < 1.29 is 24.5 Å². The van der Waals surface area contributed by atoms with Gasteiger partial charge >= 0.3 is 0 Å². The van der Waals surface area contributed by atoms with Crippen LogP contribution in [0, 0.1) is 35.0 Å². The number of piperidine rings is 1. The number of nitrogens with two attached hydrogens (primary N) is 1. The standard InChI is InChI=1S/C19H18F2N4O3.C7H10N2S.H2/c1-28-15-8-23-14(17(20)21)5-12(15)11-6-16(24-7-13(11)18(22)26)25-3-2-9-4-10(9)19(25)27;1-9-10-7(8)5-4-6-2-3-6;/h5-10,17H,2-4H2,1H3,(H2,22,26);6,8-9H,2-3H2,1H3;1H. The van der Waals surface area contributed by atoms with Gasteiger partial charge in [0.05, 0.1) is 18.9 Å². The number of fused-ring (bicyclic) bond motifs is 1. The quantitative estimate of drug-likeness (QED) is 0.216. The Morgan fingerprint density at radius 3 is 2.68 bits per heavy atom. The minimum Gasteiger partial charge on any atom is -0.494 e. The van der Waals surface area contributed by atoms with Gasteiger partial charge in [-0.05, 0) is 68.6 Å². The molecule has 2 aromatic rings. The number of rotatable bonds is 6. The molecule has 2 aliphatic carbocycles. The summed E-state index contributed by atoms with van der Waals surface area (Å²) in [5.74, 6) is 6.64. The molecule has 4 N–H and O–H groups in total. The van der Waals surface area contributed by atoms with E-state index < -0.39 is 18.0 Å². The smallest absolute Gasteiger partial charge is 0.280 e. The van der Waals surface area contributed by atoms with Gasteiger partial charge in [0, 0.05) is 37.1 Å². The Morgan fingerprint density at radius 2 is 2.05 bits per heavy atom.